The molecule has 0 nitrogen and oxygen atoms in total. The molecule has 0 aliphatic rings. The fourth-order valence-corrected chi connectivity index (χ4v) is 2.74. The molecule has 2 aromatic rings. The lowest BCUT2D eigenvalue weighted by Crippen LogP contribution is -1.84. The molecule has 13 heavy (non-hydrogen) atoms. The maximum absolute atomic E-state index is 2.28. The Balaban J connectivity index is 2.64. The molecule has 0 atom stereocenters. The van der Waals surface area contributed by atoms with E-state index < -0.39 is 0 Å². The van der Waals surface area contributed by atoms with Crippen LogP contribution < -0.4 is 0 Å². The second kappa shape index (κ2) is 3.51. The van der Waals surface area contributed by atoms with Crippen molar-refractivity contribution in [1.82, 2.24) is 0 Å². The molecule has 1 aromatic carbocycles. The third-order valence-corrected chi connectivity index (χ3v) is 3.43. The Kier molecular flexibility index (Phi) is 2.36. The van der Waals surface area contributed by atoms with Crippen molar-refractivity contribution >= 4 is 21.4 Å². The summed E-state index contributed by atoms with van der Waals surface area (Å²) in [5, 5.41) is 3.63. The standard InChI is InChI=1S/C12H14S/c1-3-4-10-6-5-9(2)11-7-8-13-12(10)11/h5-8H,3-4H2,1-2H3. The number of thiophene rings is 1. The monoisotopic (exact) mass is 190 g/mol. The predicted molar refractivity (Wildman–Crippen MR) is 60.6 cm³/mol. The second-order valence-corrected chi connectivity index (χ2v) is 4.37. The lowest BCUT2D eigenvalue weighted by Gasteiger charge is -2.02. The molecule has 0 aliphatic carbocycles. The SMILES string of the molecule is CCCc1ccc(C)c2ccsc12. The maximum atomic E-state index is 2.28. The summed E-state index contributed by atoms with van der Waals surface area (Å²) in [6.07, 6.45) is 2.44. The number of hydrogen-bond acceptors (Lipinski definition) is 1. The van der Waals surface area contributed by atoms with Crippen LogP contribution in [0.4, 0.5) is 0 Å². The van der Waals surface area contributed by atoms with E-state index in [1.807, 2.05) is 11.3 Å². The van der Waals surface area contributed by atoms with E-state index in [4.69, 9.17) is 0 Å². The topological polar surface area (TPSA) is 0 Å². The molecule has 1 heterocycles. The molecule has 68 valence electrons. The fourth-order valence-electron chi connectivity index (χ4n) is 1.73. The van der Waals surface area contributed by atoms with Gasteiger partial charge < -0.3 is 0 Å². The molecule has 0 N–H and O–H groups in total. The largest absolute Gasteiger partial charge is 0.144 e. The molecule has 0 radical (unpaired) electrons. The normalized spacial score (nSPS) is 10.9. The van der Waals surface area contributed by atoms with E-state index in [0.717, 1.165) is 0 Å². The van der Waals surface area contributed by atoms with Crippen LogP contribution >= 0.6 is 11.3 Å². The molecule has 0 spiro atoms. The van der Waals surface area contributed by atoms with Crippen molar-refractivity contribution in [3.05, 3.63) is 34.7 Å². The van der Waals surface area contributed by atoms with E-state index in [9.17, 15) is 0 Å². The summed E-state index contributed by atoms with van der Waals surface area (Å²) in [6.45, 7) is 4.42. The van der Waals surface area contributed by atoms with E-state index in [1.165, 1.54) is 34.1 Å². The van der Waals surface area contributed by atoms with E-state index in [0.29, 0.717) is 0 Å². The smallest absolute Gasteiger partial charge is 0.0377 e. The molecular weight excluding hydrogens is 176 g/mol. The van der Waals surface area contributed by atoms with Crippen LogP contribution in [0.3, 0.4) is 0 Å². The molecule has 0 aliphatic heterocycles. The van der Waals surface area contributed by atoms with Crippen molar-refractivity contribution in [2.45, 2.75) is 26.7 Å². The third kappa shape index (κ3) is 1.49. The van der Waals surface area contributed by atoms with Crippen molar-refractivity contribution in [3.63, 3.8) is 0 Å². The minimum Gasteiger partial charge on any atom is -0.144 e. The van der Waals surface area contributed by atoms with Crippen molar-refractivity contribution in [2.75, 3.05) is 0 Å². The van der Waals surface area contributed by atoms with E-state index in [1.54, 1.807) is 0 Å². The first kappa shape index (κ1) is 8.76. The summed E-state index contributed by atoms with van der Waals surface area (Å²) in [5.41, 5.74) is 2.91. The summed E-state index contributed by atoms with van der Waals surface area (Å²) in [7, 11) is 0. The van der Waals surface area contributed by atoms with Gasteiger partial charge in [-0.25, -0.2) is 0 Å². The van der Waals surface area contributed by atoms with Gasteiger partial charge in [0.25, 0.3) is 0 Å². The lowest BCUT2D eigenvalue weighted by molar-refractivity contribution is 0.931. The first-order valence-electron chi connectivity index (χ1n) is 4.78. The highest BCUT2D eigenvalue weighted by Crippen LogP contribution is 2.28. The van der Waals surface area contributed by atoms with Crippen LogP contribution in [0.5, 0.6) is 0 Å². The molecule has 0 bridgehead atoms. The van der Waals surface area contributed by atoms with Gasteiger partial charge in [0.15, 0.2) is 0 Å². The van der Waals surface area contributed by atoms with Crippen molar-refractivity contribution in [2.24, 2.45) is 0 Å². The van der Waals surface area contributed by atoms with Crippen molar-refractivity contribution < 1.29 is 0 Å². The van der Waals surface area contributed by atoms with Crippen LogP contribution in [-0.2, 0) is 6.42 Å². The maximum Gasteiger partial charge on any atom is 0.0377 e. The first-order valence-corrected chi connectivity index (χ1v) is 5.66. The zero-order chi connectivity index (χ0) is 9.26. The predicted octanol–water partition coefficient (Wildman–Crippen LogP) is 4.16. The molecule has 0 saturated carbocycles. The highest BCUT2D eigenvalue weighted by molar-refractivity contribution is 7.17. The van der Waals surface area contributed by atoms with E-state index >= 15 is 0 Å². The zero-order valence-electron chi connectivity index (χ0n) is 8.13. The average Bonchev–Trinajstić information content (AvgIpc) is 2.59. The lowest BCUT2D eigenvalue weighted by atomic mass is 10.0. The molecule has 0 unspecified atom stereocenters. The van der Waals surface area contributed by atoms with Crippen LogP contribution in [0.25, 0.3) is 10.1 Å². The van der Waals surface area contributed by atoms with Gasteiger partial charge in [-0.1, -0.05) is 25.5 Å². The van der Waals surface area contributed by atoms with E-state index in [-0.39, 0.29) is 0 Å². The molecule has 1 heteroatoms. The van der Waals surface area contributed by atoms with Gasteiger partial charge in [-0.3, -0.25) is 0 Å². The van der Waals surface area contributed by atoms with Crippen molar-refractivity contribution in [1.29, 1.82) is 0 Å². The van der Waals surface area contributed by atoms with Gasteiger partial charge in [-0.05, 0) is 41.3 Å². The molecule has 2 rings (SSSR count). The Morgan fingerprint density at radius 2 is 2.08 bits per heavy atom. The molecule has 0 amide bonds. The Hall–Kier alpha value is -0.820. The Labute approximate surface area is 83.2 Å². The quantitative estimate of drug-likeness (QED) is 0.667. The van der Waals surface area contributed by atoms with Crippen LogP contribution in [-0.4, -0.2) is 0 Å². The average molecular weight is 190 g/mol. The summed E-state index contributed by atoms with van der Waals surface area (Å²) in [5.74, 6) is 0. The Bertz CT molecular complexity index is 412. The minimum absolute atomic E-state index is 1.21. The molecule has 0 fully saturated rings. The first-order chi connectivity index (χ1) is 6.33. The number of fused-ring (bicyclic) bond motifs is 1. The summed E-state index contributed by atoms with van der Waals surface area (Å²) in [4.78, 5) is 0. The molecule has 0 saturated heterocycles. The number of aryl methyl sites for hydroxylation is 2. The summed E-state index contributed by atoms with van der Waals surface area (Å²) >= 11 is 1.87. The van der Waals surface area contributed by atoms with Crippen molar-refractivity contribution in [3.8, 4) is 0 Å². The van der Waals surface area contributed by atoms with Gasteiger partial charge in [0.1, 0.15) is 0 Å². The van der Waals surface area contributed by atoms with Gasteiger partial charge in [0, 0.05) is 4.70 Å². The number of benzene rings is 1. The Morgan fingerprint density at radius 3 is 2.85 bits per heavy atom. The van der Waals surface area contributed by atoms with Crippen LogP contribution in [0.1, 0.15) is 24.5 Å². The van der Waals surface area contributed by atoms with Gasteiger partial charge in [-0.15, -0.1) is 11.3 Å². The number of rotatable bonds is 2. The van der Waals surface area contributed by atoms with Gasteiger partial charge in [0.2, 0.25) is 0 Å². The summed E-state index contributed by atoms with van der Waals surface area (Å²) < 4.78 is 1.49. The summed E-state index contributed by atoms with van der Waals surface area (Å²) in [6, 6.07) is 6.74. The van der Waals surface area contributed by atoms with E-state index in [2.05, 4.69) is 37.4 Å². The minimum atomic E-state index is 1.21. The van der Waals surface area contributed by atoms with Crippen LogP contribution in [0.15, 0.2) is 23.6 Å². The number of hydrogen-bond donors (Lipinski definition) is 0. The highest BCUT2D eigenvalue weighted by Gasteiger charge is 2.03. The third-order valence-electron chi connectivity index (χ3n) is 2.44. The highest BCUT2D eigenvalue weighted by atomic mass is 32.1. The van der Waals surface area contributed by atoms with Crippen LogP contribution in [0.2, 0.25) is 0 Å². The van der Waals surface area contributed by atoms with Crippen LogP contribution in [0, 0.1) is 6.92 Å². The van der Waals surface area contributed by atoms with Gasteiger partial charge in [-0.2, -0.15) is 0 Å². The van der Waals surface area contributed by atoms with Gasteiger partial charge >= 0.3 is 0 Å². The fraction of sp³-hybridized carbons (Fsp3) is 0.333. The second-order valence-electron chi connectivity index (χ2n) is 3.45. The Morgan fingerprint density at radius 1 is 1.23 bits per heavy atom. The zero-order valence-corrected chi connectivity index (χ0v) is 8.95. The molecule has 1 aromatic heterocycles. The molecular formula is C12H14S. The van der Waals surface area contributed by atoms with Gasteiger partial charge in [0.05, 0.1) is 0 Å².